The summed E-state index contributed by atoms with van der Waals surface area (Å²) in [4.78, 5) is 14.3. The van der Waals surface area contributed by atoms with E-state index >= 15 is 0 Å². The molecule has 2 aromatic rings. The summed E-state index contributed by atoms with van der Waals surface area (Å²) in [7, 11) is 0. The van der Waals surface area contributed by atoms with Gasteiger partial charge in [0, 0.05) is 11.9 Å². The molecular weight excluding hydrogens is 216 g/mol. The van der Waals surface area contributed by atoms with Crippen molar-refractivity contribution in [2.75, 3.05) is 0 Å². The molecule has 88 valence electrons. The third-order valence-corrected chi connectivity index (χ3v) is 3.33. The topological polar surface area (TPSA) is 58.0 Å². The van der Waals surface area contributed by atoms with Gasteiger partial charge in [-0.2, -0.15) is 0 Å². The van der Waals surface area contributed by atoms with E-state index in [1.54, 1.807) is 10.8 Å². The summed E-state index contributed by atoms with van der Waals surface area (Å²) in [6, 6.07) is 7.54. The average Bonchev–Trinajstić information content (AvgIpc) is 2.98. The number of nitrogens with zero attached hydrogens (tertiary/aromatic N) is 1. The first-order valence-corrected chi connectivity index (χ1v) is 5.70. The lowest BCUT2D eigenvalue weighted by Gasteiger charge is -2.10. The maximum Gasteiger partial charge on any atom is 0.330 e. The second-order valence-corrected chi connectivity index (χ2v) is 4.65. The Balaban J connectivity index is 2.13. The van der Waals surface area contributed by atoms with E-state index in [2.05, 4.69) is 4.98 Å². The van der Waals surface area contributed by atoms with Gasteiger partial charge in [-0.3, -0.25) is 4.57 Å². The van der Waals surface area contributed by atoms with E-state index in [9.17, 15) is 9.90 Å². The van der Waals surface area contributed by atoms with Crippen molar-refractivity contribution < 1.29 is 5.11 Å². The minimum Gasteiger partial charge on any atom is -0.385 e. The summed E-state index contributed by atoms with van der Waals surface area (Å²) in [5.41, 5.74) is 1.73. The molecular formula is C13H14N2O2. The maximum absolute atomic E-state index is 11.7. The van der Waals surface area contributed by atoms with E-state index in [1.807, 2.05) is 31.2 Å². The van der Waals surface area contributed by atoms with Gasteiger partial charge < -0.3 is 10.1 Å². The molecule has 2 N–H and O–H groups in total. The van der Waals surface area contributed by atoms with E-state index < -0.39 is 5.60 Å². The van der Waals surface area contributed by atoms with Gasteiger partial charge >= 0.3 is 5.69 Å². The van der Waals surface area contributed by atoms with E-state index in [-0.39, 0.29) is 5.69 Å². The Hall–Kier alpha value is -1.81. The van der Waals surface area contributed by atoms with Crippen molar-refractivity contribution in [1.29, 1.82) is 0 Å². The molecule has 0 bridgehead atoms. The van der Waals surface area contributed by atoms with Crippen molar-refractivity contribution in [1.82, 2.24) is 9.55 Å². The highest BCUT2D eigenvalue weighted by Gasteiger charge is 2.42. The van der Waals surface area contributed by atoms with Crippen LogP contribution >= 0.6 is 0 Å². The van der Waals surface area contributed by atoms with Crippen molar-refractivity contribution in [3.05, 3.63) is 52.2 Å². The monoisotopic (exact) mass is 230 g/mol. The predicted molar refractivity (Wildman–Crippen MR) is 64.3 cm³/mol. The summed E-state index contributed by atoms with van der Waals surface area (Å²) in [5.74, 6) is 0. The minimum atomic E-state index is -0.663. The first kappa shape index (κ1) is 10.4. The average molecular weight is 230 g/mol. The van der Waals surface area contributed by atoms with Crippen molar-refractivity contribution in [3.63, 3.8) is 0 Å². The van der Waals surface area contributed by atoms with Crippen LogP contribution in [0, 0.1) is 6.92 Å². The fourth-order valence-electron chi connectivity index (χ4n) is 2.12. The van der Waals surface area contributed by atoms with Gasteiger partial charge in [-0.15, -0.1) is 0 Å². The van der Waals surface area contributed by atoms with Crippen LogP contribution in [0.2, 0.25) is 0 Å². The van der Waals surface area contributed by atoms with E-state index in [0.717, 1.165) is 29.8 Å². The van der Waals surface area contributed by atoms with Gasteiger partial charge in [-0.25, -0.2) is 4.79 Å². The molecule has 1 saturated carbocycles. The molecule has 1 heterocycles. The fourth-order valence-corrected chi connectivity index (χ4v) is 2.12. The van der Waals surface area contributed by atoms with Crippen molar-refractivity contribution >= 4 is 0 Å². The van der Waals surface area contributed by atoms with Crippen LogP contribution in [0.5, 0.6) is 0 Å². The Kier molecular flexibility index (Phi) is 2.03. The van der Waals surface area contributed by atoms with E-state index in [4.69, 9.17) is 0 Å². The van der Waals surface area contributed by atoms with Crippen molar-refractivity contribution in [2.45, 2.75) is 25.4 Å². The van der Waals surface area contributed by atoms with Gasteiger partial charge in [0.25, 0.3) is 0 Å². The van der Waals surface area contributed by atoms with Gasteiger partial charge in [0.05, 0.1) is 11.3 Å². The molecule has 1 aromatic heterocycles. The number of aryl methyl sites for hydroxylation is 1. The summed E-state index contributed by atoms with van der Waals surface area (Å²) < 4.78 is 1.61. The highest BCUT2D eigenvalue weighted by Crippen LogP contribution is 2.45. The Labute approximate surface area is 98.5 Å². The number of aromatic amines is 1. The normalized spacial score (nSPS) is 17.1. The molecule has 4 nitrogen and oxygen atoms in total. The third kappa shape index (κ3) is 1.61. The van der Waals surface area contributed by atoms with Crippen LogP contribution in [0.15, 0.2) is 35.3 Å². The standard InChI is InChI=1S/C13H14N2O2/c1-9-8-14-12(16)15(9)11-4-2-3-10(7-11)13(17)5-6-13/h2-4,7-8,17H,5-6H2,1H3,(H,14,16). The van der Waals surface area contributed by atoms with Crippen LogP contribution in [0.3, 0.4) is 0 Å². The number of hydrogen-bond donors (Lipinski definition) is 2. The number of benzene rings is 1. The van der Waals surface area contributed by atoms with Crippen molar-refractivity contribution in [2.24, 2.45) is 0 Å². The summed E-state index contributed by atoms with van der Waals surface area (Å²) >= 11 is 0. The van der Waals surface area contributed by atoms with Crippen LogP contribution in [0.4, 0.5) is 0 Å². The highest BCUT2D eigenvalue weighted by atomic mass is 16.3. The van der Waals surface area contributed by atoms with Crippen LogP contribution in [-0.4, -0.2) is 14.7 Å². The van der Waals surface area contributed by atoms with Crippen molar-refractivity contribution in [3.8, 4) is 5.69 Å². The number of aromatic nitrogens is 2. The zero-order valence-electron chi connectivity index (χ0n) is 9.60. The lowest BCUT2D eigenvalue weighted by atomic mass is 10.1. The fraction of sp³-hybridized carbons (Fsp3) is 0.308. The molecule has 0 amide bonds. The maximum atomic E-state index is 11.7. The molecule has 0 saturated heterocycles. The van der Waals surface area contributed by atoms with Gasteiger partial charge in [0.2, 0.25) is 0 Å². The number of nitrogens with one attached hydrogen (secondary N) is 1. The van der Waals surface area contributed by atoms with Gasteiger partial charge in [0.15, 0.2) is 0 Å². The Morgan fingerprint density at radius 1 is 1.41 bits per heavy atom. The lowest BCUT2D eigenvalue weighted by molar-refractivity contribution is 0.151. The second-order valence-electron chi connectivity index (χ2n) is 4.65. The van der Waals surface area contributed by atoms with E-state index in [1.165, 1.54) is 0 Å². The molecule has 0 atom stereocenters. The molecule has 0 unspecified atom stereocenters. The Morgan fingerprint density at radius 3 is 2.76 bits per heavy atom. The molecule has 1 fully saturated rings. The molecule has 17 heavy (non-hydrogen) atoms. The SMILES string of the molecule is Cc1c[nH]c(=O)n1-c1cccc(C2(O)CC2)c1. The first-order valence-electron chi connectivity index (χ1n) is 5.70. The second kappa shape index (κ2) is 3.34. The molecule has 3 rings (SSSR count). The minimum absolute atomic E-state index is 0.151. The largest absolute Gasteiger partial charge is 0.385 e. The van der Waals surface area contributed by atoms with Gasteiger partial charge in [-0.05, 0) is 37.5 Å². The third-order valence-electron chi connectivity index (χ3n) is 3.33. The van der Waals surface area contributed by atoms with Gasteiger partial charge in [0.1, 0.15) is 0 Å². The first-order chi connectivity index (χ1) is 8.10. The van der Waals surface area contributed by atoms with Crippen LogP contribution in [0.25, 0.3) is 5.69 Å². The van der Waals surface area contributed by atoms with Crippen LogP contribution < -0.4 is 5.69 Å². The summed E-state index contributed by atoms with van der Waals surface area (Å²) in [6.45, 7) is 1.87. The number of H-pyrrole nitrogens is 1. The summed E-state index contributed by atoms with van der Waals surface area (Å²) in [6.07, 6.45) is 3.29. The van der Waals surface area contributed by atoms with Crippen LogP contribution in [0.1, 0.15) is 24.1 Å². The van der Waals surface area contributed by atoms with E-state index in [0.29, 0.717) is 0 Å². The number of rotatable bonds is 2. The Morgan fingerprint density at radius 2 is 2.18 bits per heavy atom. The molecule has 4 heteroatoms. The molecule has 0 spiro atoms. The number of aliphatic hydroxyl groups is 1. The molecule has 0 radical (unpaired) electrons. The van der Waals surface area contributed by atoms with Gasteiger partial charge in [-0.1, -0.05) is 12.1 Å². The lowest BCUT2D eigenvalue weighted by Crippen LogP contribution is -2.16. The Bertz CT molecular complexity index is 620. The molecule has 0 aliphatic heterocycles. The highest BCUT2D eigenvalue weighted by molar-refractivity contribution is 5.41. The predicted octanol–water partition coefficient (Wildman–Crippen LogP) is 1.46. The number of imidazole rings is 1. The molecule has 1 aliphatic rings. The van der Waals surface area contributed by atoms with Crippen LogP contribution in [-0.2, 0) is 5.60 Å². The molecule has 1 aliphatic carbocycles. The number of hydrogen-bond acceptors (Lipinski definition) is 2. The zero-order chi connectivity index (χ0) is 12.0. The summed E-state index contributed by atoms with van der Waals surface area (Å²) in [5, 5.41) is 10.1. The quantitative estimate of drug-likeness (QED) is 0.820. The smallest absolute Gasteiger partial charge is 0.330 e. The zero-order valence-corrected chi connectivity index (χ0v) is 9.60. The molecule has 1 aromatic carbocycles.